The van der Waals surface area contributed by atoms with Gasteiger partial charge in [-0.1, -0.05) is 12.1 Å². The molecule has 1 saturated carbocycles. The number of aromatic nitrogens is 1. The molecule has 0 saturated heterocycles. The van der Waals surface area contributed by atoms with E-state index >= 15 is 0 Å². The molecular formula is C19H20N4O4S. The van der Waals surface area contributed by atoms with Crippen LogP contribution in [-0.4, -0.2) is 37.3 Å². The first-order valence-corrected chi connectivity index (χ1v) is 10.5. The summed E-state index contributed by atoms with van der Waals surface area (Å²) in [5, 5.41) is 3.04. The van der Waals surface area contributed by atoms with Crippen LogP contribution >= 0.6 is 0 Å². The first-order chi connectivity index (χ1) is 13.3. The zero-order valence-corrected chi connectivity index (χ0v) is 16.1. The standard InChI is InChI=1S/C19H20N4O4S/c1-12-9-13(5-8-21-12)18(24)22-19(6-7-19)11-27-15-4-2-3-14-10-28(25,26)23-17(20)16(14)15/h2-5,8-9H,6-7,10-11H2,1H3,(H2,20,23)(H,22,24). The fraction of sp³-hybridized carbons (Fsp3) is 0.316. The van der Waals surface area contributed by atoms with Crippen molar-refractivity contribution in [2.24, 2.45) is 10.1 Å². The number of carbonyl (C=O) groups is 1. The molecule has 1 aliphatic carbocycles. The third-order valence-electron chi connectivity index (χ3n) is 4.84. The summed E-state index contributed by atoms with van der Waals surface area (Å²) in [6.07, 6.45) is 3.21. The van der Waals surface area contributed by atoms with Crippen LogP contribution in [-0.2, 0) is 15.8 Å². The van der Waals surface area contributed by atoms with Gasteiger partial charge in [0.2, 0.25) is 0 Å². The molecule has 4 rings (SSSR count). The van der Waals surface area contributed by atoms with Gasteiger partial charge in [0.15, 0.2) is 0 Å². The van der Waals surface area contributed by atoms with Crippen molar-refractivity contribution in [3.8, 4) is 5.75 Å². The minimum Gasteiger partial charge on any atom is -0.490 e. The molecule has 1 aromatic heterocycles. The van der Waals surface area contributed by atoms with E-state index in [0.717, 1.165) is 18.5 Å². The molecule has 2 aliphatic rings. The lowest BCUT2D eigenvalue weighted by Crippen LogP contribution is -2.41. The molecule has 3 N–H and O–H groups in total. The van der Waals surface area contributed by atoms with E-state index in [-0.39, 0.29) is 24.1 Å². The van der Waals surface area contributed by atoms with Crippen LogP contribution in [0.3, 0.4) is 0 Å². The third-order valence-corrected chi connectivity index (χ3v) is 5.99. The monoisotopic (exact) mass is 400 g/mol. The molecule has 1 aromatic carbocycles. The lowest BCUT2D eigenvalue weighted by Gasteiger charge is -2.22. The van der Waals surface area contributed by atoms with Crippen LogP contribution in [0, 0.1) is 6.92 Å². The Bertz CT molecular complexity index is 1090. The molecule has 0 bridgehead atoms. The van der Waals surface area contributed by atoms with Gasteiger partial charge in [-0.3, -0.25) is 9.78 Å². The summed E-state index contributed by atoms with van der Waals surface area (Å²) in [5.41, 5.74) is 7.81. The number of hydrogen-bond acceptors (Lipinski definition) is 6. The Balaban J connectivity index is 1.49. The van der Waals surface area contributed by atoms with E-state index in [9.17, 15) is 13.2 Å². The minimum absolute atomic E-state index is 0.0713. The van der Waals surface area contributed by atoms with Crippen LogP contribution in [0.5, 0.6) is 5.75 Å². The first kappa shape index (κ1) is 18.4. The van der Waals surface area contributed by atoms with Crippen molar-refractivity contribution in [3.05, 3.63) is 58.9 Å². The highest BCUT2D eigenvalue weighted by Gasteiger charge is 2.45. The molecule has 0 spiro atoms. The van der Waals surface area contributed by atoms with Crippen LogP contribution < -0.4 is 15.8 Å². The second-order valence-corrected chi connectivity index (χ2v) is 8.84. The molecule has 0 radical (unpaired) electrons. The Hall–Kier alpha value is -2.94. The Labute approximate surface area is 162 Å². The van der Waals surface area contributed by atoms with Gasteiger partial charge in [-0.2, -0.15) is 0 Å². The maximum atomic E-state index is 12.5. The van der Waals surface area contributed by atoms with E-state index in [1.807, 2.05) is 6.92 Å². The number of fused-ring (bicyclic) bond motifs is 1. The molecule has 9 heteroatoms. The number of aryl methyl sites for hydroxylation is 1. The Morgan fingerprint density at radius 1 is 1.32 bits per heavy atom. The van der Waals surface area contributed by atoms with Crippen molar-refractivity contribution in [2.75, 3.05) is 6.61 Å². The quantitative estimate of drug-likeness (QED) is 0.779. The SMILES string of the molecule is Cc1cc(C(=O)NC2(COc3cccc4c3C(N)=NS(=O)(=O)C4)CC2)ccn1. The number of nitrogens with one attached hydrogen (secondary N) is 1. The highest BCUT2D eigenvalue weighted by molar-refractivity contribution is 7.89. The number of ether oxygens (including phenoxy) is 1. The number of rotatable bonds is 5. The number of nitrogens with two attached hydrogens (primary N) is 1. The topological polar surface area (TPSA) is 124 Å². The predicted molar refractivity (Wildman–Crippen MR) is 104 cm³/mol. The zero-order chi connectivity index (χ0) is 19.9. The first-order valence-electron chi connectivity index (χ1n) is 8.85. The highest BCUT2D eigenvalue weighted by atomic mass is 32.2. The Kier molecular flexibility index (Phi) is 4.34. The molecule has 1 amide bonds. The maximum Gasteiger partial charge on any atom is 0.259 e. The molecule has 146 valence electrons. The van der Waals surface area contributed by atoms with E-state index in [0.29, 0.717) is 22.4 Å². The summed E-state index contributed by atoms with van der Waals surface area (Å²) < 4.78 is 33.1. The van der Waals surface area contributed by atoms with Crippen molar-refractivity contribution in [3.63, 3.8) is 0 Å². The predicted octanol–water partition coefficient (Wildman–Crippen LogP) is 1.28. The van der Waals surface area contributed by atoms with Gasteiger partial charge >= 0.3 is 0 Å². The number of hydrogen-bond donors (Lipinski definition) is 2. The molecule has 2 aromatic rings. The average molecular weight is 400 g/mol. The van der Waals surface area contributed by atoms with Gasteiger partial charge in [0.1, 0.15) is 18.2 Å². The fourth-order valence-corrected chi connectivity index (χ4v) is 4.29. The van der Waals surface area contributed by atoms with E-state index in [2.05, 4.69) is 14.7 Å². The van der Waals surface area contributed by atoms with Crippen molar-refractivity contribution < 1.29 is 17.9 Å². The number of sulfonamides is 1. The number of amidine groups is 1. The molecule has 28 heavy (non-hydrogen) atoms. The van der Waals surface area contributed by atoms with Crippen molar-refractivity contribution in [1.82, 2.24) is 10.3 Å². The van der Waals surface area contributed by atoms with Gasteiger partial charge in [-0.15, -0.1) is 4.40 Å². The normalized spacial score (nSPS) is 18.5. The van der Waals surface area contributed by atoms with Crippen molar-refractivity contribution in [1.29, 1.82) is 0 Å². The van der Waals surface area contributed by atoms with E-state index < -0.39 is 15.6 Å². The number of benzene rings is 1. The van der Waals surface area contributed by atoms with Crippen LogP contribution in [0.15, 0.2) is 40.9 Å². The van der Waals surface area contributed by atoms with Gasteiger partial charge in [-0.25, -0.2) is 8.42 Å². The smallest absolute Gasteiger partial charge is 0.259 e. The number of carbonyl (C=O) groups excluding carboxylic acids is 1. The molecule has 2 heterocycles. The summed E-state index contributed by atoms with van der Waals surface area (Å²) in [7, 11) is -3.60. The van der Waals surface area contributed by atoms with Crippen molar-refractivity contribution >= 4 is 21.8 Å². The summed E-state index contributed by atoms with van der Waals surface area (Å²) in [5.74, 6) is 0.0181. The second kappa shape index (κ2) is 6.59. The molecule has 1 fully saturated rings. The summed E-state index contributed by atoms with van der Waals surface area (Å²) in [6, 6.07) is 8.55. The van der Waals surface area contributed by atoms with Gasteiger partial charge in [0.05, 0.1) is 16.9 Å². The van der Waals surface area contributed by atoms with Gasteiger partial charge in [0, 0.05) is 17.5 Å². The Morgan fingerprint density at radius 3 is 2.82 bits per heavy atom. The number of pyridine rings is 1. The molecular weight excluding hydrogens is 380 g/mol. The fourth-order valence-electron chi connectivity index (χ4n) is 3.20. The number of amides is 1. The summed E-state index contributed by atoms with van der Waals surface area (Å²) in [6.45, 7) is 2.09. The molecule has 8 nitrogen and oxygen atoms in total. The van der Waals surface area contributed by atoms with E-state index in [1.165, 1.54) is 0 Å². The van der Waals surface area contributed by atoms with E-state index in [1.54, 1.807) is 36.5 Å². The van der Waals surface area contributed by atoms with Crippen LogP contribution in [0.2, 0.25) is 0 Å². The third kappa shape index (κ3) is 3.70. The molecule has 1 aliphatic heterocycles. The van der Waals surface area contributed by atoms with Crippen LogP contribution in [0.25, 0.3) is 0 Å². The largest absolute Gasteiger partial charge is 0.490 e. The average Bonchev–Trinajstić information content (AvgIpc) is 3.38. The lowest BCUT2D eigenvalue weighted by atomic mass is 10.1. The van der Waals surface area contributed by atoms with Crippen LogP contribution in [0.1, 0.15) is 40.0 Å². The van der Waals surface area contributed by atoms with Crippen LogP contribution in [0.4, 0.5) is 0 Å². The molecule has 0 atom stereocenters. The summed E-state index contributed by atoms with van der Waals surface area (Å²) >= 11 is 0. The zero-order valence-electron chi connectivity index (χ0n) is 15.3. The number of nitrogens with zero attached hydrogens (tertiary/aromatic N) is 2. The molecule has 0 unspecified atom stereocenters. The van der Waals surface area contributed by atoms with Gasteiger partial charge in [-0.05, 0) is 43.5 Å². The highest BCUT2D eigenvalue weighted by Crippen LogP contribution is 2.37. The Morgan fingerprint density at radius 2 is 2.11 bits per heavy atom. The minimum atomic E-state index is -3.60. The van der Waals surface area contributed by atoms with Gasteiger partial charge < -0.3 is 15.8 Å². The maximum absolute atomic E-state index is 12.5. The summed E-state index contributed by atoms with van der Waals surface area (Å²) in [4.78, 5) is 16.6. The van der Waals surface area contributed by atoms with Crippen molar-refractivity contribution in [2.45, 2.75) is 31.1 Å². The lowest BCUT2D eigenvalue weighted by molar-refractivity contribution is 0.0912. The second-order valence-electron chi connectivity index (χ2n) is 7.20. The van der Waals surface area contributed by atoms with E-state index in [4.69, 9.17) is 10.5 Å². The van der Waals surface area contributed by atoms with Gasteiger partial charge in [0.25, 0.3) is 15.9 Å².